The lowest BCUT2D eigenvalue weighted by atomic mass is 10.2. The number of aryl methyl sites for hydroxylation is 1. The smallest absolute Gasteiger partial charge is 0.326 e. The standard InChI is InChI=1S/C16H21NO3S/c1-3-4-8-14(16(19)20)17-15(18)11-21-10-13-7-5-6-12(2)9-13/h3-7,9,14H,8,10-11H2,1-2H3,(H,17,18)(H,19,20)/b4-3+. The zero-order chi connectivity index (χ0) is 15.7. The normalized spacial score (nSPS) is 12.3. The predicted molar refractivity (Wildman–Crippen MR) is 86.3 cm³/mol. The van der Waals surface area contributed by atoms with Crippen LogP contribution in [0.15, 0.2) is 36.4 Å². The van der Waals surface area contributed by atoms with Crippen molar-refractivity contribution in [2.75, 3.05) is 5.75 Å². The van der Waals surface area contributed by atoms with Gasteiger partial charge in [0.1, 0.15) is 6.04 Å². The molecule has 0 aromatic heterocycles. The van der Waals surface area contributed by atoms with Gasteiger partial charge in [-0.25, -0.2) is 4.79 Å². The largest absolute Gasteiger partial charge is 0.480 e. The van der Waals surface area contributed by atoms with Crippen LogP contribution in [-0.2, 0) is 15.3 Å². The quantitative estimate of drug-likeness (QED) is 0.725. The highest BCUT2D eigenvalue weighted by molar-refractivity contribution is 7.99. The SMILES string of the molecule is C/C=C/CC(NC(=O)CSCc1cccc(C)c1)C(=O)O. The third kappa shape index (κ3) is 6.99. The van der Waals surface area contributed by atoms with E-state index in [0.717, 1.165) is 11.3 Å². The van der Waals surface area contributed by atoms with Gasteiger partial charge in [0.05, 0.1) is 5.75 Å². The number of hydrogen-bond acceptors (Lipinski definition) is 3. The summed E-state index contributed by atoms with van der Waals surface area (Å²) in [6, 6.07) is 7.26. The number of benzene rings is 1. The van der Waals surface area contributed by atoms with E-state index < -0.39 is 12.0 Å². The van der Waals surface area contributed by atoms with Gasteiger partial charge in [0.25, 0.3) is 0 Å². The molecule has 0 aliphatic heterocycles. The summed E-state index contributed by atoms with van der Waals surface area (Å²) in [7, 11) is 0. The zero-order valence-electron chi connectivity index (χ0n) is 12.3. The molecule has 114 valence electrons. The average molecular weight is 307 g/mol. The molecule has 1 atom stereocenters. The van der Waals surface area contributed by atoms with Crippen molar-refractivity contribution < 1.29 is 14.7 Å². The summed E-state index contributed by atoms with van der Waals surface area (Å²) in [6.45, 7) is 3.85. The third-order valence-electron chi connectivity index (χ3n) is 2.83. The van der Waals surface area contributed by atoms with Crippen molar-refractivity contribution in [3.05, 3.63) is 47.5 Å². The van der Waals surface area contributed by atoms with Gasteiger partial charge >= 0.3 is 5.97 Å². The molecule has 21 heavy (non-hydrogen) atoms. The van der Waals surface area contributed by atoms with Crippen molar-refractivity contribution in [3.63, 3.8) is 0 Å². The molecule has 0 aliphatic carbocycles. The van der Waals surface area contributed by atoms with Gasteiger partial charge in [0, 0.05) is 5.75 Å². The molecular weight excluding hydrogens is 286 g/mol. The van der Waals surface area contributed by atoms with E-state index in [9.17, 15) is 9.59 Å². The number of hydrogen-bond donors (Lipinski definition) is 2. The predicted octanol–water partition coefficient (Wildman–Crippen LogP) is 2.76. The Kier molecular flexibility index (Phi) is 7.61. The van der Waals surface area contributed by atoms with Gasteiger partial charge in [-0.3, -0.25) is 4.79 Å². The number of carbonyl (C=O) groups is 2. The Morgan fingerprint density at radius 3 is 2.81 bits per heavy atom. The van der Waals surface area contributed by atoms with Gasteiger partial charge in [-0.15, -0.1) is 11.8 Å². The van der Waals surface area contributed by atoms with E-state index in [2.05, 4.69) is 11.4 Å². The molecule has 0 bridgehead atoms. The molecule has 1 aromatic rings. The number of carboxylic acids is 1. The minimum Gasteiger partial charge on any atom is -0.480 e. The number of carboxylic acid groups (broad SMARTS) is 1. The first kappa shape index (κ1) is 17.3. The van der Waals surface area contributed by atoms with Crippen LogP contribution in [0.5, 0.6) is 0 Å². The number of nitrogens with one attached hydrogen (secondary N) is 1. The number of amides is 1. The number of aliphatic carboxylic acids is 1. The molecule has 2 N–H and O–H groups in total. The number of thioether (sulfide) groups is 1. The summed E-state index contributed by atoms with van der Waals surface area (Å²) in [5.74, 6) is -0.260. The first-order valence-corrected chi connectivity index (χ1v) is 7.95. The van der Waals surface area contributed by atoms with Gasteiger partial charge in [-0.1, -0.05) is 42.0 Å². The van der Waals surface area contributed by atoms with E-state index in [1.165, 1.54) is 17.3 Å². The number of rotatable bonds is 8. The van der Waals surface area contributed by atoms with Crippen LogP contribution in [-0.4, -0.2) is 28.8 Å². The first-order chi connectivity index (χ1) is 10.0. The van der Waals surface area contributed by atoms with Crippen LogP contribution in [0.4, 0.5) is 0 Å². The van der Waals surface area contributed by atoms with Crippen LogP contribution in [0.2, 0.25) is 0 Å². The Morgan fingerprint density at radius 2 is 2.19 bits per heavy atom. The summed E-state index contributed by atoms with van der Waals surface area (Å²) in [5, 5.41) is 11.6. The van der Waals surface area contributed by atoms with Crippen molar-refractivity contribution in [2.24, 2.45) is 0 Å². The minimum atomic E-state index is -1.01. The topological polar surface area (TPSA) is 66.4 Å². The van der Waals surface area contributed by atoms with Gasteiger partial charge in [0.2, 0.25) is 5.91 Å². The lowest BCUT2D eigenvalue weighted by Gasteiger charge is -2.12. The van der Waals surface area contributed by atoms with Crippen LogP contribution in [0.3, 0.4) is 0 Å². The van der Waals surface area contributed by atoms with Gasteiger partial charge in [0.15, 0.2) is 0 Å². The maximum Gasteiger partial charge on any atom is 0.326 e. The Morgan fingerprint density at radius 1 is 1.43 bits per heavy atom. The fourth-order valence-corrected chi connectivity index (χ4v) is 2.58. The molecular formula is C16H21NO3S. The molecule has 1 unspecified atom stereocenters. The van der Waals surface area contributed by atoms with Gasteiger partial charge in [-0.2, -0.15) is 0 Å². The summed E-state index contributed by atoms with van der Waals surface area (Å²) in [4.78, 5) is 22.8. The van der Waals surface area contributed by atoms with Crippen molar-refractivity contribution in [3.8, 4) is 0 Å². The van der Waals surface area contributed by atoms with Gasteiger partial charge in [-0.05, 0) is 25.8 Å². The lowest BCUT2D eigenvalue weighted by molar-refractivity contribution is -0.141. The fourth-order valence-electron chi connectivity index (χ4n) is 1.79. The molecule has 0 saturated heterocycles. The Labute approximate surface area is 129 Å². The highest BCUT2D eigenvalue weighted by Gasteiger charge is 2.17. The number of allylic oxidation sites excluding steroid dienone is 1. The Hall–Kier alpha value is -1.75. The van der Waals surface area contributed by atoms with E-state index in [4.69, 9.17) is 5.11 Å². The average Bonchev–Trinajstić information content (AvgIpc) is 2.43. The molecule has 0 spiro atoms. The molecule has 1 rings (SSSR count). The van der Waals surface area contributed by atoms with E-state index in [1.807, 2.05) is 32.0 Å². The van der Waals surface area contributed by atoms with E-state index in [1.54, 1.807) is 12.2 Å². The summed E-state index contributed by atoms with van der Waals surface area (Å²) in [5.41, 5.74) is 2.35. The molecule has 1 amide bonds. The van der Waals surface area contributed by atoms with Crippen LogP contribution < -0.4 is 5.32 Å². The molecule has 0 saturated carbocycles. The van der Waals surface area contributed by atoms with Crippen molar-refractivity contribution >= 4 is 23.6 Å². The van der Waals surface area contributed by atoms with Crippen molar-refractivity contribution in [2.45, 2.75) is 32.1 Å². The highest BCUT2D eigenvalue weighted by Crippen LogP contribution is 2.13. The Balaban J connectivity index is 2.37. The van der Waals surface area contributed by atoms with Crippen LogP contribution in [0, 0.1) is 6.92 Å². The molecule has 0 radical (unpaired) electrons. The van der Waals surface area contributed by atoms with Crippen LogP contribution >= 0.6 is 11.8 Å². The minimum absolute atomic E-state index is 0.246. The lowest BCUT2D eigenvalue weighted by Crippen LogP contribution is -2.41. The zero-order valence-corrected chi connectivity index (χ0v) is 13.2. The van der Waals surface area contributed by atoms with Crippen LogP contribution in [0.25, 0.3) is 0 Å². The second-order valence-electron chi connectivity index (χ2n) is 4.74. The second kappa shape index (κ2) is 9.23. The van der Waals surface area contributed by atoms with E-state index >= 15 is 0 Å². The molecule has 0 fully saturated rings. The van der Waals surface area contributed by atoms with Gasteiger partial charge < -0.3 is 10.4 Å². The van der Waals surface area contributed by atoms with E-state index in [0.29, 0.717) is 6.42 Å². The first-order valence-electron chi connectivity index (χ1n) is 6.79. The molecule has 0 aliphatic rings. The summed E-state index contributed by atoms with van der Waals surface area (Å²) >= 11 is 1.48. The molecule has 1 aromatic carbocycles. The monoisotopic (exact) mass is 307 g/mol. The number of carbonyl (C=O) groups excluding carboxylic acids is 1. The van der Waals surface area contributed by atoms with E-state index in [-0.39, 0.29) is 11.7 Å². The molecule has 0 heterocycles. The summed E-state index contributed by atoms with van der Waals surface area (Å²) in [6.07, 6.45) is 3.81. The highest BCUT2D eigenvalue weighted by atomic mass is 32.2. The maximum absolute atomic E-state index is 11.8. The van der Waals surface area contributed by atoms with Crippen molar-refractivity contribution in [1.29, 1.82) is 0 Å². The molecule has 4 nitrogen and oxygen atoms in total. The maximum atomic E-state index is 11.8. The fraction of sp³-hybridized carbons (Fsp3) is 0.375. The molecule has 5 heteroatoms. The Bertz CT molecular complexity index is 514. The van der Waals surface area contributed by atoms with Crippen LogP contribution in [0.1, 0.15) is 24.5 Å². The third-order valence-corrected chi connectivity index (χ3v) is 3.83. The van der Waals surface area contributed by atoms with Crippen molar-refractivity contribution in [1.82, 2.24) is 5.32 Å². The second-order valence-corrected chi connectivity index (χ2v) is 5.73. The summed E-state index contributed by atoms with van der Waals surface area (Å²) < 4.78 is 0.